The molecule has 3 rings (SSSR count). The molecule has 1 aromatic rings. The monoisotopic (exact) mass is 396 g/mol. The molecule has 27 heavy (non-hydrogen) atoms. The maximum absolute atomic E-state index is 7.83. The van der Waals surface area contributed by atoms with Gasteiger partial charge in [-0.05, 0) is 32.3 Å². The van der Waals surface area contributed by atoms with Crippen molar-refractivity contribution < 1.29 is 9.47 Å². The van der Waals surface area contributed by atoms with Crippen LogP contribution in [0.25, 0.3) is 0 Å². The lowest BCUT2D eigenvalue weighted by Crippen LogP contribution is -2.48. The minimum atomic E-state index is -0.303. The summed E-state index contributed by atoms with van der Waals surface area (Å²) in [7, 11) is 1.84. The van der Waals surface area contributed by atoms with E-state index < -0.39 is 0 Å². The van der Waals surface area contributed by atoms with Gasteiger partial charge in [0.2, 0.25) is 0 Å². The van der Waals surface area contributed by atoms with Crippen LogP contribution in [0.5, 0.6) is 0 Å². The van der Waals surface area contributed by atoms with E-state index in [-0.39, 0.29) is 11.7 Å². The maximum Gasteiger partial charge on any atom is 0.150 e. The number of hydrogen-bond acceptors (Lipinski definition) is 7. The molecule has 0 aromatic carbocycles. The zero-order chi connectivity index (χ0) is 19.2. The number of alkyl halides is 1. The number of hydrogen-bond donors (Lipinski definition) is 1. The molecule has 3 atom stereocenters. The van der Waals surface area contributed by atoms with Crippen molar-refractivity contribution in [3.63, 3.8) is 0 Å². The second-order valence-electron chi connectivity index (χ2n) is 7.04. The molecule has 2 saturated heterocycles. The number of hydrazone groups is 1. The van der Waals surface area contributed by atoms with Gasteiger partial charge in [0.05, 0.1) is 18.9 Å². The largest absolute Gasteiger partial charge is 0.379 e. The first-order chi connectivity index (χ1) is 13.1. The van der Waals surface area contributed by atoms with E-state index in [1.165, 1.54) is 6.21 Å². The standard InChI is InChI=1S/C18H29ClN6O2/c1-14-13-26-10-8-24(14)12-17(19)23(2)22-15(11-20)16-6-7-21-25(16)18-5-3-4-9-27-18/h6-7,11,14,17-18,20H,3-5,8-10,12-13H2,1-2H3/b20-11?,22-15+/t14-,17?,18?/m1/s1. The fourth-order valence-electron chi connectivity index (χ4n) is 3.39. The summed E-state index contributed by atoms with van der Waals surface area (Å²) >= 11 is 6.59. The van der Waals surface area contributed by atoms with Crippen molar-refractivity contribution in [1.82, 2.24) is 19.7 Å². The molecule has 2 fully saturated rings. The van der Waals surface area contributed by atoms with Gasteiger partial charge in [-0.2, -0.15) is 10.2 Å². The molecule has 9 heteroatoms. The summed E-state index contributed by atoms with van der Waals surface area (Å²) in [4.78, 5) is 2.30. The van der Waals surface area contributed by atoms with E-state index in [0.29, 0.717) is 18.3 Å². The number of morpholine rings is 1. The van der Waals surface area contributed by atoms with E-state index in [2.05, 4.69) is 22.0 Å². The Labute approximate surface area is 165 Å². The van der Waals surface area contributed by atoms with Gasteiger partial charge in [0, 0.05) is 45.2 Å². The Hall–Kier alpha value is -1.48. The fraction of sp³-hybridized carbons (Fsp3) is 0.722. The molecule has 0 bridgehead atoms. The Balaban J connectivity index is 1.70. The van der Waals surface area contributed by atoms with Crippen LogP contribution in [-0.4, -0.2) is 83.1 Å². The first-order valence-corrected chi connectivity index (χ1v) is 9.97. The van der Waals surface area contributed by atoms with Crippen molar-refractivity contribution >= 4 is 23.5 Å². The molecule has 0 amide bonds. The van der Waals surface area contributed by atoms with Gasteiger partial charge in [0.25, 0.3) is 0 Å². The minimum absolute atomic E-state index is 0.0970. The summed E-state index contributed by atoms with van der Waals surface area (Å²) in [5.74, 6) is 0. The van der Waals surface area contributed by atoms with Gasteiger partial charge in [-0.25, -0.2) is 4.68 Å². The summed E-state index contributed by atoms with van der Waals surface area (Å²) in [6.45, 7) is 5.88. The van der Waals surface area contributed by atoms with E-state index in [1.54, 1.807) is 11.2 Å². The predicted octanol–water partition coefficient (Wildman–Crippen LogP) is 2.15. The molecule has 2 unspecified atom stereocenters. The highest BCUT2D eigenvalue weighted by atomic mass is 35.5. The molecule has 1 aromatic heterocycles. The molecule has 0 aliphatic carbocycles. The SMILES string of the molecule is C[C@@H]1COCCN1CC(Cl)N(C)/N=C(\C=N)c1ccnn1C1CCCCO1. The number of nitrogens with zero attached hydrogens (tertiary/aromatic N) is 5. The molecule has 150 valence electrons. The van der Waals surface area contributed by atoms with E-state index in [1.807, 2.05) is 17.8 Å². The van der Waals surface area contributed by atoms with E-state index in [0.717, 1.165) is 51.3 Å². The van der Waals surface area contributed by atoms with Crippen LogP contribution in [0.3, 0.4) is 0 Å². The Kier molecular flexibility index (Phi) is 7.23. The highest BCUT2D eigenvalue weighted by molar-refractivity contribution is 6.36. The first-order valence-electron chi connectivity index (χ1n) is 9.53. The molecular weight excluding hydrogens is 368 g/mol. The first kappa shape index (κ1) is 20.3. The van der Waals surface area contributed by atoms with Crippen molar-refractivity contribution in [2.24, 2.45) is 5.10 Å². The highest BCUT2D eigenvalue weighted by Crippen LogP contribution is 2.23. The van der Waals surface area contributed by atoms with Gasteiger partial charge in [-0.1, -0.05) is 11.6 Å². The van der Waals surface area contributed by atoms with Crippen LogP contribution < -0.4 is 0 Å². The van der Waals surface area contributed by atoms with Crippen LogP contribution in [0, 0.1) is 5.41 Å². The van der Waals surface area contributed by atoms with E-state index >= 15 is 0 Å². The lowest BCUT2D eigenvalue weighted by molar-refractivity contribution is -0.0397. The Morgan fingerprint density at radius 2 is 2.37 bits per heavy atom. The maximum atomic E-state index is 7.83. The van der Waals surface area contributed by atoms with Crippen molar-refractivity contribution in [3.05, 3.63) is 18.0 Å². The molecule has 0 spiro atoms. The van der Waals surface area contributed by atoms with Crippen LogP contribution in [0.2, 0.25) is 0 Å². The van der Waals surface area contributed by atoms with Gasteiger partial charge in [-0.15, -0.1) is 0 Å². The topological polar surface area (TPSA) is 79.0 Å². The van der Waals surface area contributed by atoms with Crippen LogP contribution in [0.1, 0.15) is 38.1 Å². The average Bonchev–Trinajstić information content (AvgIpc) is 3.18. The summed E-state index contributed by atoms with van der Waals surface area (Å²) < 4.78 is 13.1. The Morgan fingerprint density at radius 1 is 1.52 bits per heavy atom. The fourth-order valence-corrected chi connectivity index (χ4v) is 3.62. The number of nitrogens with one attached hydrogen (secondary N) is 1. The average molecular weight is 397 g/mol. The molecule has 3 heterocycles. The van der Waals surface area contributed by atoms with Gasteiger partial charge >= 0.3 is 0 Å². The zero-order valence-electron chi connectivity index (χ0n) is 16.1. The van der Waals surface area contributed by atoms with E-state index in [9.17, 15) is 0 Å². The van der Waals surface area contributed by atoms with Crippen molar-refractivity contribution in [1.29, 1.82) is 5.41 Å². The van der Waals surface area contributed by atoms with E-state index in [4.69, 9.17) is 26.5 Å². The summed E-state index contributed by atoms with van der Waals surface area (Å²) in [6, 6.07) is 2.20. The molecule has 2 aliphatic rings. The third kappa shape index (κ3) is 5.07. The summed E-state index contributed by atoms with van der Waals surface area (Å²) in [6.07, 6.45) is 5.98. The molecule has 0 saturated carbocycles. The van der Waals surface area contributed by atoms with Crippen LogP contribution in [0.4, 0.5) is 0 Å². The molecule has 8 nitrogen and oxygen atoms in total. The lowest BCUT2D eigenvalue weighted by atomic mass is 10.2. The van der Waals surface area contributed by atoms with Crippen LogP contribution in [-0.2, 0) is 9.47 Å². The van der Waals surface area contributed by atoms with Gasteiger partial charge < -0.3 is 14.9 Å². The van der Waals surface area contributed by atoms with Crippen LogP contribution >= 0.6 is 11.6 Å². The minimum Gasteiger partial charge on any atom is -0.379 e. The normalized spacial score (nSPS) is 26.0. The molecule has 1 N–H and O–H groups in total. The van der Waals surface area contributed by atoms with Crippen molar-refractivity contribution in [3.8, 4) is 0 Å². The van der Waals surface area contributed by atoms with Gasteiger partial charge in [-0.3, -0.25) is 9.91 Å². The third-order valence-corrected chi connectivity index (χ3v) is 5.48. The summed E-state index contributed by atoms with van der Waals surface area (Å²) in [5.41, 5.74) is 0.986. The lowest BCUT2D eigenvalue weighted by Gasteiger charge is -2.35. The molecular formula is C18H29ClN6O2. The van der Waals surface area contributed by atoms with Gasteiger partial charge in [0.15, 0.2) is 6.23 Å². The number of likely N-dealkylation sites (N-methyl/N-ethyl adjacent to an activating group) is 1. The Bertz CT molecular complexity index is 646. The summed E-state index contributed by atoms with van der Waals surface area (Å²) in [5, 5.41) is 18.5. The second kappa shape index (κ2) is 9.64. The van der Waals surface area contributed by atoms with Crippen molar-refractivity contribution in [2.75, 3.05) is 40.0 Å². The number of rotatable bonds is 7. The molecule has 0 radical (unpaired) electrons. The Morgan fingerprint density at radius 3 is 3.07 bits per heavy atom. The number of aromatic nitrogens is 2. The molecule has 2 aliphatic heterocycles. The number of ether oxygens (including phenoxy) is 2. The second-order valence-corrected chi connectivity index (χ2v) is 7.54. The smallest absolute Gasteiger partial charge is 0.150 e. The predicted molar refractivity (Wildman–Crippen MR) is 106 cm³/mol. The number of halogens is 1. The quantitative estimate of drug-likeness (QED) is 0.330. The zero-order valence-corrected chi connectivity index (χ0v) is 16.8. The highest BCUT2D eigenvalue weighted by Gasteiger charge is 2.24. The van der Waals surface area contributed by atoms with Crippen molar-refractivity contribution in [2.45, 2.75) is 44.0 Å². The van der Waals surface area contributed by atoms with Gasteiger partial charge in [0.1, 0.15) is 11.2 Å². The van der Waals surface area contributed by atoms with Crippen LogP contribution in [0.15, 0.2) is 17.4 Å². The third-order valence-electron chi connectivity index (χ3n) is 5.06.